The summed E-state index contributed by atoms with van der Waals surface area (Å²) in [6.45, 7) is 0.379. The summed E-state index contributed by atoms with van der Waals surface area (Å²) in [6.07, 6.45) is -9.87. The maximum Gasteiger partial charge on any atom is 0.426 e. The first-order valence-corrected chi connectivity index (χ1v) is 6.71. The van der Waals surface area contributed by atoms with Gasteiger partial charge in [0, 0.05) is 0 Å². The molecule has 0 aliphatic carbocycles. The molecule has 0 amide bonds. The van der Waals surface area contributed by atoms with Crippen LogP contribution in [0.2, 0.25) is 0 Å². The summed E-state index contributed by atoms with van der Waals surface area (Å²) in [7, 11) is 0. The molecule has 0 saturated heterocycles. The van der Waals surface area contributed by atoms with Crippen LogP contribution in [0.5, 0.6) is 0 Å². The molecule has 0 aliphatic heterocycles. The molecule has 6 nitrogen and oxygen atoms in total. The molecule has 0 saturated carbocycles. The van der Waals surface area contributed by atoms with E-state index in [2.05, 4.69) is 35.5 Å². The van der Waals surface area contributed by atoms with E-state index < -0.39 is 51.3 Å². The maximum atomic E-state index is 12.7. The summed E-state index contributed by atoms with van der Waals surface area (Å²) in [5.41, 5.74) is -0.225. The zero-order valence-corrected chi connectivity index (χ0v) is 13.1. The number of alkyl halides is 6. The number of aromatic nitrogens is 3. The maximum absolute atomic E-state index is 12.7. The minimum Gasteiger partial charge on any atom is -0.416 e. The lowest BCUT2D eigenvalue weighted by molar-refractivity contribution is -0.266. The van der Waals surface area contributed by atoms with Crippen LogP contribution in [0.4, 0.5) is 32.0 Å². The Balaban J connectivity index is 2.51. The van der Waals surface area contributed by atoms with Gasteiger partial charge in [-0.25, -0.2) is 4.98 Å². The van der Waals surface area contributed by atoms with Gasteiger partial charge in [0.1, 0.15) is 4.60 Å². The van der Waals surface area contributed by atoms with E-state index in [4.69, 9.17) is 5.73 Å². The second-order valence-corrected chi connectivity index (χ2v) is 5.50. The molecular weight excluding hydrogens is 414 g/mol. The molecule has 1 unspecified atom stereocenters. The fourth-order valence-electron chi connectivity index (χ4n) is 1.51. The normalized spacial score (nSPS) is 15.4. The van der Waals surface area contributed by atoms with E-state index in [1.807, 2.05) is 0 Å². The van der Waals surface area contributed by atoms with Gasteiger partial charge in [-0.3, -0.25) is 0 Å². The standard InChI is InChI=1S/C11H7BrF6N4O2/c1-9(23,11(16,17)18)8-22-21-7(24-8)5-4(19)2-3(6(12)20-5)10(13,14)15/h2,23H,19H2,1H3. The smallest absolute Gasteiger partial charge is 0.416 e. The predicted molar refractivity (Wildman–Crippen MR) is 70.3 cm³/mol. The molecular formula is C11H7BrF6N4O2. The highest BCUT2D eigenvalue weighted by atomic mass is 79.9. The summed E-state index contributed by atoms with van der Waals surface area (Å²) in [5.74, 6) is -1.89. The Morgan fingerprint density at radius 2 is 1.75 bits per heavy atom. The van der Waals surface area contributed by atoms with Crippen molar-refractivity contribution in [2.45, 2.75) is 24.9 Å². The van der Waals surface area contributed by atoms with E-state index in [0.29, 0.717) is 13.0 Å². The van der Waals surface area contributed by atoms with Crippen molar-refractivity contribution in [3.8, 4) is 11.6 Å². The van der Waals surface area contributed by atoms with Crippen molar-refractivity contribution in [3.63, 3.8) is 0 Å². The largest absolute Gasteiger partial charge is 0.426 e. The molecule has 0 spiro atoms. The van der Waals surface area contributed by atoms with Crippen LogP contribution in [0.25, 0.3) is 11.6 Å². The highest BCUT2D eigenvalue weighted by Crippen LogP contribution is 2.40. The topological polar surface area (TPSA) is 98.1 Å². The van der Waals surface area contributed by atoms with E-state index in [1.54, 1.807) is 0 Å². The Hall–Kier alpha value is -1.89. The van der Waals surface area contributed by atoms with Crippen LogP contribution < -0.4 is 5.73 Å². The van der Waals surface area contributed by atoms with Gasteiger partial charge in [0.25, 0.3) is 11.8 Å². The third-order valence-corrected chi connectivity index (χ3v) is 3.51. The molecule has 13 heteroatoms. The van der Waals surface area contributed by atoms with Crippen LogP contribution in [-0.2, 0) is 11.8 Å². The van der Waals surface area contributed by atoms with Crippen molar-refractivity contribution in [2.75, 3.05) is 5.73 Å². The van der Waals surface area contributed by atoms with E-state index in [-0.39, 0.29) is 0 Å². The van der Waals surface area contributed by atoms with Crippen LogP contribution in [0.15, 0.2) is 15.1 Å². The molecule has 1 atom stereocenters. The fraction of sp³-hybridized carbons (Fsp3) is 0.364. The summed E-state index contributed by atoms with van der Waals surface area (Å²) >= 11 is 2.59. The van der Waals surface area contributed by atoms with Gasteiger partial charge in [-0.05, 0) is 28.9 Å². The predicted octanol–water partition coefficient (Wildman–Crippen LogP) is 3.26. The van der Waals surface area contributed by atoms with Crippen molar-refractivity contribution >= 4 is 21.6 Å². The molecule has 24 heavy (non-hydrogen) atoms. The molecule has 2 heterocycles. The third-order valence-electron chi connectivity index (χ3n) is 2.91. The van der Waals surface area contributed by atoms with Gasteiger partial charge in [-0.15, -0.1) is 10.2 Å². The molecule has 2 rings (SSSR count). The number of pyridine rings is 1. The van der Waals surface area contributed by atoms with Gasteiger partial charge in [0.2, 0.25) is 5.60 Å². The number of aliphatic hydroxyl groups is 1. The first-order valence-electron chi connectivity index (χ1n) is 5.92. The van der Waals surface area contributed by atoms with Crippen LogP contribution in [0.1, 0.15) is 18.4 Å². The second-order valence-electron chi connectivity index (χ2n) is 4.74. The van der Waals surface area contributed by atoms with Crippen molar-refractivity contribution in [3.05, 3.63) is 22.1 Å². The second kappa shape index (κ2) is 5.58. The fourth-order valence-corrected chi connectivity index (χ4v) is 2.03. The summed E-state index contributed by atoms with van der Waals surface area (Å²) in [4.78, 5) is 3.48. The van der Waals surface area contributed by atoms with Gasteiger partial charge in [-0.2, -0.15) is 26.3 Å². The highest BCUT2D eigenvalue weighted by molar-refractivity contribution is 9.10. The summed E-state index contributed by atoms with van der Waals surface area (Å²) in [6, 6.07) is 0.512. The van der Waals surface area contributed by atoms with Crippen molar-refractivity contribution in [2.24, 2.45) is 0 Å². The first kappa shape index (κ1) is 18.4. The van der Waals surface area contributed by atoms with Crippen molar-refractivity contribution < 1.29 is 35.9 Å². The molecule has 2 aromatic heterocycles. The molecule has 2 aromatic rings. The van der Waals surface area contributed by atoms with E-state index in [9.17, 15) is 31.4 Å². The number of hydrogen-bond acceptors (Lipinski definition) is 6. The quantitative estimate of drug-likeness (QED) is 0.571. The van der Waals surface area contributed by atoms with Crippen molar-refractivity contribution in [1.29, 1.82) is 0 Å². The van der Waals surface area contributed by atoms with Crippen LogP contribution in [-0.4, -0.2) is 26.5 Å². The Labute approximate surface area is 137 Å². The number of nitrogen functional groups attached to an aromatic ring is 1. The Bertz CT molecular complexity index is 771. The Kier molecular flexibility index (Phi) is 4.29. The Morgan fingerprint density at radius 1 is 1.17 bits per heavy atom. The lowest BCUT2D eigenvalue weighted by Gasteiger charge is -2.21. The lowest BCUT2D eigenvalue weighted by atomic mass is 10.1. The van der Waals surface area contributed by atoms with E-state index >= 15 is 0 Å². The lowest BCUT2D eigenvalue weighted by Crippen LogP contribution is -2.39. The minimum absolute atomic E-state index is 0.379. The molecule has 0 fully saturated rings. The third kappa shape index (κ3) is 3.17. The zero-order chi connectivity index (χ0) is 18.5. The number of rotatable bonds is 2. The molecule has 0 aliphatic rings. The number of halogens is 7. The highest BCUT2D eigenvalue weighted by Gasteiger charge is 2.55. The number of nitrogens with zero attached hydrogens (tertiary/aromatic N) is 3. The summed E-state index contributed by atoms with van der Waals surface area (Å²) in [5, 5.41) is 15.7. The first-order chi connectivity index (χ1) is 10.7. The average Bonchev–Trinajstić information content (AvgIpc) is 2.88. The average molecular weight is 421 g/mol. The van der Waals surface area contributed by atoms with Crippen molar-refractivity contribution in [1.82, 2.24) is 15.2 Å². The Morgan fingerprint density at radius 3 is 2.25 bits per heavy atom. The van der Waals surface area contributed by atoms with E-state index in [1.165, 1.54) is 0 Å². The number of nitrogens with two attached hydrogens (primary N) is 1. The number of hydrogen-bond donors (Lipinski definition) is 2. The van der Waals surface area contributed by atoms with Crippen LogP contribution in [0.3, 0.4) is 0 Å². The summed E-state index contributed by atoms with van der Waals surface area (Å²) < 4.78 is 80.3. The molecule has 0 aromatic carbocycles. The monoisotopic (exact) mass is 420 g/mol. The minimum atomic E-state index is -5.11. The van der Waals surface area contributed by atoms with Crippen LogP contribution in [0, 0.1) is 0 Å². The molecule has 132 valence electrons. The number of anilines is 1. The van der Waals surface area contributed by atoms with Gasteiger partial charge in [-0.1, -0.05) is 0 Å². The molecule has 3 N–H and O–H groups in total. The molecule has 0 radical (unpaired) electrons. The van der Waals surface area contributed by atoms with E-state index in [0.717, 1.165) is 0 Å². The molecule has 0 bridgehead atoms. The van der Waals surface area contributed by atoms with Gasteiger partial charge < -0.3 is 15.3 Å². The van der Waals surface area contributed by atoms with Gasteiger partial charge in [0.15, 0.2) is 5.69 Å². The SMILES string of the molecule is CC(O)(c1nnc(-c2nc(Br)c(C(F)(F)F)cc2N)o1)C(F)(F)F. The van der Waals surface area contributed by atoms with Gasteiger partial charge >= 0.3 is 12.4 Å². The van der Waals surface area contributed by atoms with Crippen LogP contribution >= 0.6 is 15.9 Å². The van der Waals surface area contributed by atoms with Gasteiger partial charge in [0.05, 0.1) is 11.3 Å². The zero-order valence-electron chi connectivity index (χ0n) is 11.5.